The van der Waals surface area contributed by atoms with Crippen molar-refractivity contribution in [3.8, 4) is 5.75 Å². The molecule has 0 spiro atoms. The fourth-order valence-corrected chi connectivity index (χ4v) is 1.99. The van der Waals surface area contributed by atoms with Crippen LogP contribution in [0.25, 0.3) is 0 Å². The predicted molar refractivity (Wildman–Crippen MR) is 81.3 cm³/mol. The van der Waals surface area contributed by atoms with Crippen molar-refractivity contribution in [1.29, 1.82) is 0 Å². The maximum absolute atomic E-state index is 5.95. The monoisotopic (exact) mass is 281 g/mol. The van der Waals surface area contributed by atoms with E-state index in [0.717, 1.165) is 37.4 Å². The lowest BCUT2D eigenvalue weighted by atomic mass is 10.1. The van der Waals surface area contributed by atoms with E-state index in [1.165, 1.54) is 0 Å². The normalized spacial score (nSPS) is 12.3. The molecule has 0 aromatic heterocycles. The zero-order valence-corrected chi connectivity index (χ0v) is 12.9. The Kier molecular flexibility index (Phi) is 9.04. The van der Waals surface area contributed by atoms with Gasteiger partial charge < -0.3 is 19.5 Å². The Bertz CT molecular complexity index is 357. The van der Waals surface area contributed by atoms with Crippen molar-refractivity contribution in [3.05, 3.63) is 29.8 Å². The molecule has 0 fully saturated rings. The van der Waals surface area contributed by atoms with Crippen molar-refractivity contribution >= 4 is 0 Å². The topological polar surface area (TPSA) is 39.7 Å². The molecule has 4 nitrogen and oxygen atoms in total. The van der Waals surface area contributed by atoms with Gasteiger partial charge in [0.2, 0.25) is 0 Å². The second kappa shape index (κ2) is 10.7. The minimum atomic E-state index is -0.0156. The summed E-state index contributed by atoms with van der Waals surface area (Å²) in [5, 5.41) is 3.40. The van der Waals surface area contributed by atoms with E-state index >= 15 is 0 Å². The molecule has 0 saturated carbocycles. The van der Waals surface area contributed by atoms with Crippen LogP contribution in [0, 0.1) is 0 Å². The van der Waals surface area contributed by atoms with E-state index in [0.29, 0.717) is 13.2 Å². The van der Waals surface area contributed by atoms with E-state index in [9.17, 15) is 0 Å². The summed E-state index contributed by atoms with van der Waals surface area (Å²) in [5.74, 6) is 0.868. The molecule has 114 valence electrons. The van der Waals surface area contributed by atoms with Gasteiger partial charge in [0, 0.05) is 18.7 Å². The summed E-state index contributed by atoms with van der Waals surface area (Å²) in [4.78, 5) is 0. The van der Waals surface area contributed by atoms with Crippen LogP contribution in [0.1, 0.15) is 31.9 Å². The van der Waals surface area contributed by atoms with Crippen LogP contribution in [0.2, 0.25) is 0 Å². The second-order valence-corrected chi connectivity index (χ2v) is 4.50. The van der Waals surface area contributed by atoms with E-state index in [-0.39, 0.29) is 6.10 Å². The standard InChI is InChI=1S/C16H27NO3/c1-4-10-17-13-16(20-12-11-19-5-2)14-8-6-7-9-15(14)18-3/h6-9,16-17H,4-5,10-13H2,1-3H3. The Morgan fingerprint density at radius 1 is 1.15 bits per heavy atom. The Balaban J connectivity index is 2.64. The van der Waals surface area contributed by atoms with Gasteiger partial charge in [-0.3, -0.25) is 0 Å². The van der Waals surface area contributed by atoms with Crippen molar-refractivity contribution in [2.24, 2.45) is 0 Å². The first kappa shape index (κ1) is 17.0. The van der Waals surface area contributed by atoms with Crippen molar-refractivity contribution in [2.75, 3.05) is 40.0 Å². The van der Waals surface area contributed by atoms with E-state index in [4.69, 9.17) is 14.2 Å². The number of rotatable bonds is 11. The first-order valence-corrected chi connectivity index (χ1v) is 7.36. The van der Waals surface area contributed by atoms with Gasteiger partial charge in [0.15, 0.2) is 0 Å². The summed E-state index contributed by atoms with van der Waals surface area (Å²) in [6.07, 6.45) is 1.09. The summed E-state index contributed by atoms with van der Waals surface area (Å²) >= 11 is 0. The molecule has 1 unspecified atom stereocenters. The lowest BCUT2D eigenvalue weighted by Gasteiger charge is -2.21. The van der Waals surface area contributed by atoms with Gasteiger partial charge in [-0.15, -0.1) is 0 Å². The molecule has 0 heterocycles. The molecule has 0 radical (unpaired) electrons. The van der Waals surface area contributed by atoms with Crippen LogP contribution < -0.4 is 10.1 Å². The van der Waals surface area contributed by atoms with Gasteiger partial charge in [-0.05, 0) is 26.0 Å². The number of methoxy groups -OCH3 is 1. The Hall–Kier alpha value is -1.10. The van der Waals surface area contributed by atoms with Crippen LogP contribution in [-0.4, -0.2) is 40.0 Å². The summed E-state index contributed by atoms with van der Waals surface area (Å²) in [5.41, 5.74) is 1.08. The number of nitrogens with one attached hydrogen (secondary N) is 1. The SMILES string of the molecule is CCCNCC(OCCOCC)c1ccccc1OC. The zero-order valence-electron chi connectivity index (χ0n) is 12.9. The van der Waals surface area contributed by atoms with Gasteiger partial charge in [0.1, 0.15) is 5.75 Å². The molecule has 0 amide bonds. The van der Waals surface area contributed by atoms with E-state index < -0.39 is 0 Å². The van der Waals surface area contributed by atoms with E-state index in [2.05, 4.69) is 18.3 Å². The minimum absolute atomic E-state index is 0.0156. The van der Waals surface area contributed by atoms with Crippen LogP contribution in [0.5, 0.6) is 5.75 Å². The van der Waals surface area contributed by atoms with Crippen molar-refractivity contribution in [2.45, 2.75) is 26.4 Å². The average molecular weight is 281 g/mol. The first-order valence-electron chi connectivity index (χ1n) is 7.36. The first-order chi connectivity index (χ1) is 9.83. The number of para-hydroxylation sites is 1. The number of hydrogen-bond acceptors (Lipinski definition) is 4. The van der Waals surface area contributed by atoms with Crippen molar-refractivity contribution in [3.63, 3.8) is 0 Å². The van der Waals surface area contributed by atoms with Crippen molar-refractivity contribution in [1.82, 2.24) is 5.32 Å². The highest BCUT2D eigenvalue weighted by molar-refractivity contribution is 5.35. The van der Waals surface area contributed by atoms with Gasteiger partial charge in [0.05, 0.1) is 26.4 Å². The smallest absolute Gasteiger partial charge is 0.124 e. The average Bonchev–Trinajstić information content (AvgIpc) is 2.50. The molecule has 1 atom stereocenters. The molecule has 0 saturated heterocycles. The highest BCUT2D eigenvalue weighted by Gasteiger charge is 2.16. The largest absolute Gasteiger partial charge is 0.496 e. The third-order valence-corrected chi connectivity index (χ3v) is 2.99. The maximum atomic E-state index is 5.95. The third kappa shape index (κ3) is 5.90. The Labute approximate surface area is 122 Å². The quantitative estimate of drug-likeness (QED) is 0.633. The Morgan fingerprint density at radius 2 is 1.95 bits per heavy atom. The van der Waals surface area contributed by atoms with Gasteiger partial charge in [0.25, 0.3) is 0 Å². The maximum Gasteiger partial charge on any atom is 0.124 e. The summed E-state index contributed by atoms with van der Waals surface area (Å²) in [6.45, 7) is 7.83. The van der Waals surface area contributed by atoms with Gasteiger partial charge >= 0.3 is 0 Å². The highest BCUT2D eigenvalue weighted by Crippen LogP contribution is 2.26. The molecule has 0 aliphatic carbocycles. The van der Waals surface area contributed by atoms with Gasteiger partial charge in [-0.25, -0.2) is 0 Å². The molecular formula is C16H27NO3. The van der Waals surface area contributed by atoms with Crippen molar-refractivity contribution < 1.29 is 14.2 Å². The van der Waals surface area contributed by atoms with E-state index in [1.54, 1.807) is 7.11 Å². The summed E-state index contributed by atoms with van der Waals surface area (Å²) < 4.78 is 16.7. The molecule has 1 N–H and O–H groups in total. The molecule has 1 aromatic carbocycles. The van der Waals surface area contributed by atoms with Gasteiger partial charge in [-0.2, -0.15) is 0 Å². The zero-order chi connectivity index (χ0) is 14.6. The van der Waals surface area contributed by atoms with Crippen LogP contribution in [0.4, 0.5) is 0 Å². The molecule has 20 heavy (non-hydrogen) atoms. The summed E-state index contributed by atoms with van der Waals surface area (Å²) in [7, 11) is 1.69. The van der Waals surface area contributed by atoms with Crippen LogP contribution in [-0.2, 0) is 9.47 Å². The molecule has 4 heteroatoms. The van der Waals surface area contributed by atoms with E-state index in [1.807, 2.05) is 25.1 Å². The van der Waals surface area contributed by atoms with Crippen LogP contribution in [0.15, 0.2) is 24.3 Å². The molecule has 0 bridgehead atoms. The lowest BCUT2D eigenvalue weighted by molar-refractivity contribution is 0.00605. The molecule has 0 aliphatic heterocycles. The van der Waals surface area contributed by atoms with Crippen LogP contribution >= 0.6 is 0 Å². The molecular weight excluding hydrogens is 254 g/mol. The molecule has 0 aliphatic rings. The molecule has 1 rings (SSSR count). The summed E-state index contributed by atoms with van der Waals surface area (Å²) in [6, 6.07) is 8.00. The lowest BCUT2D eigenvalue weighted by Crippen LogP contribution is -2.25. The number of benzene rings is 1. The second-order valence-electron chi connectivity index (χ2n) is 4.50. The molecule has 1 aromatic rings. The van der Waals surface area contributed by atoms with Gasteiger partial charge in [-0.1, -0.05) is 25.1 Å². The number of ether oxygens (including phenoxy) is 3. The highest BCUT2D eigenvalue weighted by atomic mass is 16.5. The predicted octanol–water partition coefficient (Wildman–Crippen LogP) is 2.79. The fraction of sp³-hybridized carbons (Fsp3) is 0.625. The third-order valence-electron chi connectivity index (χ3n) is 2.99. The fourth-order valence-electron chi connectivity index (χ4n) is 1.99. The number of hydrogen-bond donors (Lipinski definition) is 1. The van der Waals surface area contributed by atoms with Crippen LogP contribution in [0.3, 0.4) is 0 Å². The minimum Gasteiger partial charge on any atom is -0.496 e. The Morgan fingerprint density at radius 3 is 2.65 bits per heavy atom.